The van der Waals surface area contributed by atoms with Gasteiger partial charge in [-0.3, -0.25) is 9.10 Å². The number of carbonyl (C=O) groups excluding carboxylic acids is 1. The summed E-state index contributed by atoms with van der Waals surface area (Å²) in [4.78, 5) is 17.9. The molecule has 1 amide bonds. The van der Waals surface area contributed by atoms with E-state index in [4.69, 9.17) is 0 Å². The van der Waals surface area contributed by atoms with E-state index in [9.17, 15) is 13.2 Å². The van der Waals surface area contributed by atoms with Crippen molar-refractivity contribution in [2.75, 3.05) is 10.8 Å². The fourth-order valence-electron chi connectivity index (χ4n) is 3.81. The zero-order valence-electron chi connectivity index (χ0n) is 18.9. The summed E-state index contributed by atoms with van der Waals surface area (Å²) in [6.07, 6.45) is 0. The van der Waals surface area contributed by atoms with Crippen LogP contribution in [0.3, 0.4) is 0 Å². The number of carbonyl (C=O) groups is 1. The molecule has 0 spiro atoms. The van der Waals surface area contributed by atoms with Crippen LogP contribution < -0.4 is 9.11 Å². The lowest BCUT2D eigenvalue weighted by atomic mass is 10.1. The molecule has 1 aromatic heterocycles. The number of sulfonamides is 1. The highest BCUT2D eigenvalue weighted by atomic mass is 32.2. The van der Waals surface area contributed by atoms with Crippen molar-refractivity contribution in [2.45, 2.75) is 25.7 Å². The van der Waals surface area contributed by atoms with Gasteiger partial charge < -0.3 is 4.57 Å². The molecule has 0 fully saturated rings. The van der Waals surface area contributed by atoms with Gasteiger partial charge in [-0.15, -0.1) is 0 Å². The average Bonchev–Trinajstić information content (AvgIpc) is 3.10. The van der Waals surface area contributed by atoms with E-state index in [0.29, 0.717) is 22.6 Å². The molecule has 0 atom stereocenters. The van der Waals surface area contributed by atoms with Gasteiger partial charge in [-0.1, -0.05) is 35.6 Å². The van der Waals surface area contributed by atoms with Gasteiger partial charge in [-0.25, -0.2) is 8.42 Å². The molecule has 0 aliphatic rings. The normalized spacial score (nSPS) is 12.3. The number of aromatic nitrogens is 1. The van der Waals surface area contributed by atoms with Crippen LogP contribution in [0.15, 0.2) is 76.6 Å². The van der Waals surface area contributed by atoms with Crippen molar-refractivity contribution in [1.82, 2.24) is 4.57 Å². The third kappa shape index (κ3) is 4.36. The van der Waals surface area contributed by atoms with Crippen LogP contribution in [0.25, 0.3) is 10.2 Å². The third-order valence-electron chi connectivity index (χ3n) is 5.46. The Bertz CT molecular complexity index is 1500. The minimum atomic E-state index is -3.75. The lowest BCUT2D eigenvalue weighted by Crippen LogP contribution is -2.30. The first kappa shape index (κ1) is 22.9. The van der Waals surface area contributed by atoms with Crippen molar-refractivity contribution in [3.05, 3.63) is 88.2 Å². The molecule has 0 aliphatic carbocycles. The first-order valence-corrected chi connectivity index (χ1v) is 12.8. The second-order valence-corrected chi connectivity index (χ2v) is 10.7. The minimum Gasteiger partial charge on any atom is -0.319 e. The second-order valence-electron chi connectivity index (χ2n) is 7.82. The molecule has 3 aromatic carbocycles. The van der Waals surface area contributed by atoms with Gasteiger partial charge in [0, 0.05) is 19.2 Å². The van der Waals surface area contributed by atoms with Crippen molar-refractivity contribution < 1.29 is 13.2 Å². The van der Waals surface area contributed by atoms with Crippen LogP contribution in [0.5, 0.6) is 0 Å². The van der Waals surface area contributed by atoms with Crippen LogP contribution in [0.4, 0.5) is 5.69 Å². The van der Waals surface area contributed by atoms with E-state index in [-0.39, 0.29) is 4.90 Å². The van der Waals surface area contributed by atoms with Crippen LogP contribution in [-0.2, 0) is 17.1 Å². The van der Waals surface area contributed by atoms with Gasteiger partial charge in [0.05, 0.1) is 20.8 Å². The number of anilines is 1. The zero-order valence-corrected chi connectivity index (χ0v) is 20.6. The van der Waals surface area contributed by atoms with E-state index in [0.717, 1.165) is 21.3 Å². The maximum Gasteiger partial charge on any atom is 0.279 e. The number of thiazole rings is 1. The maximum atomic E-state index is 13.2. The predicted molar refractivity (Wildman–Crippen MR) is 133 cm³/mol. The van der Waals surface area contributed by atoms with Crippen molar-refractivity contribution >= 4 is 43.2 Å². The number of hydrogen-bond acceptors (Lipinski definition) is 4. The minimum absolute atomic E-state index is 0.128. The molecule has 0 saturated heterocycles. The van der Waals surface area contributed by atoms with Gasteiger partial charge in [0.2, 0.25) is 0 Å². The predicted octanol–water partition coefficient (Wildman–Crippen LogP) is 4.81. The van der Waals surface area contributed by atoms with E-state index in [2.05, 4.69) is 17.1 Å². The fraction of sp³-hybridized carbons (Fsp3) is 0.200. The maximum absolute atomic E-state index is 13.2. The first-order chi connectivity index (χ1) is 15.7. The fourth-order valence-corrected chi connectivity index (χ4v) is 6.35. The van der Waals surface area contributed by atoms with E-state index in [1.807, 2.05) is 31.5 Å². The molecule has 170 valence electrons. The molecule has 4 rings (SSSR count). The van der Waals surface area contributed by atoms with Crippen LogP contribution in [-0.4, -0.2) is 25.4 Å². The summed E-state index contributed by atoms with van der Waals surface area (Å²) >= 11 is 1.47. The summed E-state index contributed by atoms with van der Waals surface area (Å²) in [5.74, 6) is -0.411. The summed E-state index contributed by atoms with van der Waals surface area (Å²) in [6, 6.07) is 19.1. The van der Waals surface area contributed by atoms with Gasteiger partial charge in [0.1, 0.15) is 0 Å². The number of nitrogens with zero attached hydrogens (tertiary/aromatic N) is 3. The molecule has 0 bridgehead atoms. The Hall–Kier alpha value is -3.23. The molecule has 0 unspecified atom stereocenters. The first-order valence-electron chi connectivity index (χ1n) is 10.6. The average molecular weight is 480 g/mol. The second kappa shape index (κ2) is 8.96. The summed E-state index contributed by atoms with van der Waals surface area (Å²) in [5, 5.41) is 0. The Kier molecular flexibility index (Phi) is 6.23. The Balaban J connectivity index is 1.66. The standard InChI is InChI=1S/C25H25N3O3S2/c1-5-28(20-9-7-6-8-10-20)33(30,31)21-13-11-19(12-14-21)24(29)26-25-27(4)22-16-17(2)15-18(3)23(22)32-25/h6-16H,5H2,1-4H3. The molecule has 0 N–H and O–H groups in total. The molecule has 0 radical (unpaired) electrons. The summed E-state index contributed by atoms with van der Waals surface area (Å²) < 4.78 is 30.7. The van der Waals surface area contributed by atoms with Crippen LogP contribution >= 0.6 is 11.3 Å². The van der Waals surface area contributed by atoms with Gasteiger partial charge in [0.15, 0.2) is 4.80 Å². The highest BCUT2D eigenvalue weighted by molar-refractivity contribution is 7.92. The lowest BCUT2D eigenvalue weighted by Gasteiger charge is -2.22. The van der Waals surface area contributed by atoms with Gasteiger partial charge in [0.25, 0.3) is 15.9 Å². The number of para-hydroxylation sites is 1. The molecule has 0 aliphatic heterocycles. The topological polar surface area (TPSA) is 71.7 Å². The van der Waals surface area contributed by atoms with E-state index >= 15 is 0 Å². The molecular formula is C25H25N3O3S2. The molecule has 4 aromatic rings. The Morgan fingerprint density at radius 3 is 2.33 bits per heavy atom. The smallest absolute Gasteiger partial charge is 0.279 e. The van der Waals surface area contributed by atoms with Crippen molar-refractivity contribution in [3.63, 3.8) is 0 Å². The SMILES string of the molecule is CCN(c1ccccc1)S(=O)(=O)c1ccc(C(=O)N=c2sc3c(C)cc(C)cc3n2C)cc1. The molecule has 1 heterocycles. The largest absolute Gasteiger partial charge is 0.319 e. The molecule has 33 heavy (non-hydrogen) atoms. The van der Waals surface area contributed by atoms with Gasteiger partial charge >= 0.3 is 0 Å². The van der Waals surface area contributed by atoms with Gasteiger partial charge in [-0.2, -0.15) is 4.99 Å². The number of hydrogen-bond donors (Lipinski definition) is 0. The highest BCUT2D eigenvalue weighted by Crippen LogP contribution is 2.24. The number of aryl methyl sites for hydroxylation is 3. The van der Waals surface area contributed by atoms with Crippen LogP contribution in [0, 0.1) is 13.8 Å². The Labute approximate surface area is 197 Å². The van der Waals surface area contributed by atoms with Crippen LogP contribution in [0.2, 0.25) is 0 Å². The molecule has 8 heteroatoms. The number of fused-ring (bicyclic) bond motifs is 1. The summed E-state index contributed by atoms with van der Waals surface area (Å²) in [7, 11) is -1.86. The number of amides is 1. The molecule has 6 nitrogen and oxygen atoms in total. The van der Waals surface area contributed by atoms with Crippen molar-refractivity contribution in [3.8, 4) is 0 Å². The quantitative estimate of drug-likeness (QED) is 0.412. The lowest BCUT2D eigenvalue weighted by molar-refractivity contribution is 0.0998. The molecular weight excluding hydrogens is 454 g/mol. The highest BCUT2D eigenvalue weighted by Gasteiger charge is 2.23. The van der Waals surface area contributed by atoms with Crippen molar-refractivity contribution in [2.24, 2.45) is 12.0 Å². The Morgan fingerprint density at radius 2 is 1.70 bits per heavy atom. The number of benzene rings is 3. The Morgan fingerprint density at radius 1 is 1.03 bits per heavy atom. The number of rotatable bonds is 5. The summed E-state index contributed by atoms with van der Waals surface area (Å²) in [5.41, 5.74) is 4.26. The monoisotopic (exact) mass is 479 g/mol. The zero-order chi connectivity index (χ0) is 23.8. The van der Waals surface area contributed by atoms with E-state index < -0.39 is 15.9 Å². The van der Waals surface area contributed by atoms with E-state index in [1.54, 1.807) is 31.2 Å². The van der Waals surface area contributed by atoms with Crippen molar-refractivity contribution in [1.29, 1.82) is 0 Å². The summed E-state index contributed by atoms with van der Waals surface area (Å²) in [6.45, 7) is 6.17. The third-order valence-corrected chi connectivity index (χ3v) is 8.66. The van der Waals surface area contributed by atoms with E-state index in [1.165, 1.54) is 39.9 Å². The van der Waals surface area contributed by atoms with Crippen LogP contribution in [0.1, 0.15) is 28.4 Å². The van der Waals surface area contributed by atoms with Gasteiger partial charge in [-0.05, 0) is 74.4 Å². The molecule has 0 saturated carbocycles.